The van der Waals surface area contributed by atoms with Crippen LogP contribution in [0.5, 0.6) is 0 Å². The van der Waals surface area contributed by atoms with Gasteiger partial charge in [0.1, 0.15) is 0 Å². The third-order valence-electron chi connectivity index (χ3n) is 0.846. The molecular weight excluding hydrogens is 151 g/mol. The van der Waals surface area contributed by atoms with Crippen molar-refractivity contribution >= 4 is 11.9 Å². The molecule has 11 heavy (non-hydrogen) atoms. The topological polar surface area (TPSA) is 43.4 Å². The highest BCUT2D eigenvalue weighted by Crippen LogP contribution is 1.96. The summed E-state index contributed by atoms with van der Waals surface area (Å²) in [4.78, 5) is 20.9. The first-order valence-electron chi connectivity index (χ1n) is 2.77. The molecule has 0 unspecified atom stereocenters. The average Bonchev–Trinajstić information content (AvgIpc) is 2.02. The van der Waals surface area contributed by atoms with Gasteiger partial charge in [0.2, 0.25) is 0 Å². The number of esters is 2. The van der Waals surface area contributed by atoms with Crippen LogP contribution in [0.1, 0.15) is 6.92 Å². The molecule has 0 bridgehead atoms. The van der Waals surface area contributed by atoms with Gasteiger partial charge in [-0.15, -0.1) is 0 Å². The molecule has 0 saturated carbocycles. The van der Waals surface area contributed by atoms with E-state index in [1.165, 1.54) is 6.92 Å². The maximum Gasteiger partial charge on any atom is 0.343 e. The van der Waals surface area contributed by atoms with Gasteiger partial charge in [-0.05, 0) is 6.92 Å². The fourth-order valence-corrected chi connectivity index (χ4v) is 0.258. The van der Waals surface area contributed by atoms with Crippen molar-refractivity contribution in [2.75, 3.05) is 0 Å². The first kappa shape index (κ1) is 9.55. The number of hydrogen-bond acceptors (Lipinski definition) is 3. The Morgan fingerprint density at radius 2 is 2.09 bits per heavy atom. The van der Waals surface area contributed by atoms with Crippen LogP contribution in [0, 0.1) is 0 Å². The van der Waals surface area contributed by atoms with E-state index < -0.39 is 11.9 Å². The smallest absolute Gasteiger partial charge is 0.343 e. The first-order valence-corrected chi connectivity index (χ1v) is 2.77. The van der Waals surface area contributed by atoms with Crippen molar-refractivity contribution in [2.24, 2.45) is 0 Å². The highest BCUT2D eigenvalue weighted by atomic mass is 19.1. The Kier molecular flexibility index (Phi) is 3.80. The summed E-state index contributed by atoms with van der Waals surface area (Å²) in [5.74, 6) is -1.89. The minimum atomic E-state index is -1.00. The van der Waals surface area contributed by atoms with Crippen LogP contribution in [0.25, 0.3) is 0 Å². The molecular formula is C7H7FO3. The Hall–Kier alpha value is -1.45. The molecule has 0 aromatic heterocycles. The maximum absolute atomic E-state index is 11.6. The van der Waals surface area contributed by atoms with Crippen molar-refractivity contribution in [3.8, 4) is 0 Å². The lowest BCUT2D eigenvalue weighted by Gasteiger charge is -1.96. The van der Waals surface area contributed by atoms with Gasteiger partial charge in [-0.1, -0.05) is 6.58 Å². The third kappa shape index (κ3) is 3.30. The van der Waals surface area contributed by atoms with E-state index in [0.29, 0.717) is 0 Å². The second-order valence-corrected chi connectivity index (χ2v) is 1.70. The van der Waals surface area contributed by atoms with Crippen molar-refractivity contribution in [1.29, 1.82) is 0 Å². The minimum absolute atomic E-state index is 0.0682. The van der Waals surface area contributed by atoms with Gasteiger partial charge in [-0.25, -0.2) is 14.0 Å². The van der Waals surface area contributed by atoms with Crippen LogP contribution in [0.3, 0.4) is 0 Å². The summed E-state index contributed by atoms with van der Waals surface area (Å²) in [6, 6.07) is 0. The zero-order valence-corrected chi connectivity index (χ0v) is 5.96. The van der Waals surface area contributed by atoms with Crippen molar-refractivity contribution in [3.63, 3.8) is 0 Å². The Bertz CT molecular complexity index is 218. The summed E-state index contributed by atoms with van der Waals surface area (Å²) in [6.07, 6.45) is 0.891. The quantitative estimate of drug-likeness (QED) is 0.343. The lowest BCUT2D eigenvalue weighted by Crippen LogP contribution is -2.10. The zero-order chi connectivity index (χ0) is 8.85. The van der Waals surface area contributed by atoms with Crippen LogP contribution >= 0.6 is 0 Å². The summed E-state index contributed by atoms with van der Waals surface area (Å²) >= 11 is 0. The predicted molar refractivity (Wildman–Crippen MR) is 36.2 cm³/mol. The molecule has 0 aliphatic rings. The number of hydrogen-bond donors (Lipinski definition) is 0. The molecule has 0 N–H and O–H groups in total. The van der Waals surface area contributed by atoms with Crippen molar-refractivity contribution in [1.82, 2.24) is 0 Å². The molecule has 4 heteroatoms. The highest BCUT2D eigenvalue weighted by molar-refractivity contribution is 5.98. The van der Waals surface area contributed by atoms with E-state index in [0.717, 1.165) is 6.08 Å². The molecule has 0 aromatic rings. The summed E-state index contributed by atoms with van der Waals surface area (Å²) in [6.45, 7) is 4.25. The summed E-state index contributed by atoms with van der Waals surface area (Å²) in [5, 5.41) is 0. The van der Waals surface area contributed by atoms with Crippen LogP contribution in [0.4, 0.5) is 4.39 Å². The van der Waals surface area contributed by atoms with Gasteiger partial charge in [0.15, 0.2) is 0 Å². The second-order valence-electron chi connectivity index (χ2n) is 1.70. The number of carbonyl (C=O) groups is 2. The van der Waals surface area contributed by atoms with Gasteiger partial charge in [-0.3, -0.25) is 0 Å². The molecule has 60 valence electrons. The lowest BCUT2D eigenvalue weighted by molar-refractivity contribution is -0.153. The highest BCUT2D eigenvalue weighted by Gasteiger charge is 2.08. The van der Waals surface area contributed by atoms with Gasteiger partial charge in [0.25, 0.3) is 0 Å². The first-order chi connectivity index (χ1) is 5.11. The molecule has 0 atom stereocenters. The molecule has 0 heterocycles. The van der Waals surface area contributed by atoms with Gasteiger partial charge in [0.05, 0.1) is 11.9 Å². The lowest BCUT2D eigenvalue weighted by atomic mass is 10.3. The third-order valence-corrected chi connectivity index (χ3v) is 0.846. The summed E-state index contributed by atoms with van der Waals surface area (Å²) in [7, 11) is 0. The van der Waals surface area contributed by atoms with E-state index in [9.17, 15) is 14.0 Å². The standard InChI is InChI=1S/C7H7FO3/c1-3-6(9)11-7(10)5(2)4-8/h3-4H,1H2,2H3. The molecule has 0 fully saturated rings. The zero-order valence-electron chi connectivity index (χ0n) is 5.96. The van der Waals surface area contributed by atoms with Crippen LogP contribution in [0.15, 0.2) is 24.6 Å². The minimum Gasteiger partial charge on any atom is -0.386 e. The van der Waals surface area contributed by atoms with E-state index in [4.69, 9.17) is 0 Å². The van der Waals surface area contributed by atoms with Crippen molar-refractivity contribution in [2.45, 2.75) is 6.92 Å². The van der Waals surface area contributed by atoms with Crippen molar-refractivity contribution < 1.29 is 18.7 Å². The molecule has 0 aromatic carbocycles. The molecule has 0 aliphatic heterocycles. The molecule has 0 saturated heterocycles. The van der Waals surface area contributed by atoms with E-state index in [1.54, 1.807) is 0 Å². The Balaban J connectivity index is 4.09. The van der Waals surface area contributed by atoms with Crippen molar-refractivity contribution in [3.05, 3.63) is 24.6 Å². The predicted octanol–water partition coefficient (Wildman–Crippen LogP) is 1.12. The molecule has 0 radical (unpaired) electrons. The summed E-state index contributed by atoms with van der Waals surface area (Å²) < 4.78 is 15.6. The number of rotatable bonds is 2. The van der Waals surface area contributed by atoms with Crippen LogP contribution < -0.4 is 0 Å². The van der Waals surface area contributed by atoms with E-state index in [-0.39, 0.29) is 11.9 Å². The van der Waals surface area contributed by atoms with Gasteiger partial charge in [-0.2, -0.15) is 0 Å². The van der Waals surface area contributed by atoms with Gasteiger partial charge < -0.3 is 4.74 Å². The normalized spacial score (nSPS) is 10.5. The van der Waals surface area contributed by atoms with Gasteiger partial charge >= 0.3 is 11.9 Å². The second kappa shape index (κ2) is 4.38. The Morgan fingerprint density at radius 1 is 1.55 bits per heavy atom. The maximum atomic E-state index is 11.6. The molecule has 3 nitrogen and oxygen atoms in total. The monoisotopic (exact) mass is 158 g/mol. The Labute approximate surface area is 63.2 Å². The molecule has 0 rings (SSSR count). The summed E-state index contributed by atoms with van der Waals surface area (Å²) in [5.41, 5.74) is -0.264. The average molecular weight is 158 g/mol. The SMILES string of the molecule is C=CC(=O)OC(=O)C(C)=CF. The van der Waals surface area contributed by atoms with E-state index in [2.05, 4.69) is 11.3 Å². The molecule has 0 spiro atoms. The number of halogens is 1. The van der Waals surface area contributed by atoms with Gasteiger partial charge in [0, 0.05) is 6.08 Å². The van der Waals surface area contributed by atoms with Crippen LogP contribution in [-0.2, 0) is 14.3 Å². The molecule has 0 amide bonds. The van der Waals surface area contributed by atoms with Crippen LogP contribution in [-0.4, -0.2) is 11.9 Å². The number of carbonyl (C=O) groups excluding carboxylic acids is 2. The van der Waals surface area contributed by atoms with Crippen LogP contribution in [0.2, 0.25) is 0 Å². The largest absolute Gasteiger partial charge is 0.386 e. The van der Waals surface area contributed by atoms with E-state index >= 15 is 0 Å². The number of ether oxygens (including phenoxy) is 1. The fourth-order valence-electron chi connectivity index (χ4n) is 0.258. The van der Waals surface area contributed by atoms with E-state index in [1.807, 2.05) is 0 Å². The fraction of sp³-hybridized carbons (Fsp3) is 0.143. The Morgan fingerprint density at radius 3 is 2.45 bits per heavy atom. The molecule has 0 aliphatic carbocycles.